The van der Waals surface area contributed by atoms with Crippen LogP contribution in [0.2, 0.25) is 0 Å². The van der Waals surface area contributed by atoms with Crippen LogP contribution in [-0.2, 0) is 14.6 Å². The summed E-state index contributed by atoms with van der Waals surface area (Å²) in [4.78, 5) is 16.6. The highest BCUT2D eigenvalue weighted by Crippen LogP contribution is 2.40. The summed E-state index contributed by atoms with van der Waals surface area (Å²) < 4.78 is 44.5. The van der Waals surface area contributed by atoms with E-state index in [9.17, 15) is 17.6 Å². The van der Waals surface area contributed by atoms with Crippen molar-refractivity contribution in [1.82, 2.24) is 4.98 Å². The highest BCUT2D eigenvalue weighted by molar-refractivity contribution is 7.91. The van der Waals surface area contributed by atoms with Crippen LogP contribution in [-0.4, -0.2) is 25.1 Å². The first-order chi connectivity index (χ1) is 14.3. The van der Waals surface area contributed by atoms with Gasteiger partial charge < -0.3 is 9.73 Å². The highest BCUT2D eigenvalue weighted by Gasteiger charge is 2.29. The Hall–Kier alpha value is -3.00. The molecule has 4 rings (SSSR count). The molecule has 0 atom stereocenters. The molecule has 0 aliphatic heterocycles. The molecule has 3 aromatic rings. The third-order valence-electron chi connectivity index (χ3n) is 4.98. The van der Waals surface area contributed by atoms with Crippen molar-refractivity contribution < 1.29 is 22.0 Å². The van der Waals surface area contributed by atoms with Crippen molar-refractivity contribution in [2.75, 3.05) is 11.1 Å². The summed E-state index contributed by atoms with van der Waals surface area (Å²) >= 11 is 0. The Bertz CT molecular complexity index is 1180. The molecule has 1 aromatic heterocycles. The van der Waals surface area contributed by atoms with Crippen LogP contribution in [0.3, 0.4) is 0 Å². The lowest BCUT2D eigenvalue weighted by molar-refractivity contribution is -0.115. The fraction of sp³-hybridized carbons (Fsp3) is 0.273. The van der Waals surface area contributed by atoms with Gasteiger partial charge in [-0.3, -0.25) is 4.79 Å². The third-order valence-corrected chi connectivity index (χ3v) is 6.84. The molecule has 6 nitrogen and oxygen atoms in total. The number of sulfone groups is 1. The molecule has 1 fully saturated rings. The van der Waals surface area contributed by atoms with E-state index in [1.54, 1.807) is 31.3 Å². The lowest BCUT2D eigenvalue weighted by Gasteiger charge is -2.10. The van der Waals surface area contributed by atoms with Gasteiger partial charge in [0, 0.05) is 23.6 Å². The summed E-state index contributed by atoms with van der Waals surface area (Å²) in [6, 6.07) is 10.4. The molecule has 0 radical (unpaired) electrons. The molecule has 8 heteroatoms. The maximum atomic E-state index is 13.0. The first-order valence-corrected chi connectivity index (χ1v) is 11.3. The van der Waals surface area contributed by atoms with E-state index >= 15 is 0 Å². The molecule has 1 saturated carbocycles. The molecule has 1 N–H and O–H groups in total. The molecular formula is C22H21FN2O4S. The van der Waals surface area contributed by atoms with Crippen molar-refractivity contribution >= 4 is 21.4 Å². The van der Waals surface area contributed by atoms with E-state index in [4.69, 9.17) is 4.42 Å². The quantitative estimate of drug-likeness (QED) is 0.600. The topological polar surface area (TPSA) is 89.3 Å². The molecule has 2 aromatic carbocycles. The van der Waals surface area contributed by atoms with Gasteiger partial charge in [0.25, 0.3) is 0 Å². The van der Waals surface area contributed by atoms with Crippen LogP contribution in [0.5, 0.6) is 0 Å². The summed E-state index contributed by atoms with van der Waals surface area (Å²) in [5.74, 6) is 0.376. The number of benzene rings is 2. The number of oxazole rings is 1. The van der Waals surface area contributed by atoms with Crippen molar-refractivity contribution in [3.63, 3.8) is 0 Å². The number of carbonyl (C=O) groups excluding carboxylic acids is 1. The Morgan fingerprint density at radius 3 is 2.63 bits per heavy atom. The Balaban J connectivity index is 1.47. The van der Waals surface area contributed by atoms with Crippen LogP contribution in [0.15, 0.2) is 58.0 Å². The zero-order valence-electron chi connectivity index (χ0n) is 16.4. The van der Waals surface area contributed by atoms with E-state index in [1.165, 1.54) is 24.3 Å². The van der Waals surface area contributed by atoms with E-state index in [2.05, 4.69) is 10.3 Å². The number of aryl methyl sites for hydroxylation is 1. The number of anilines is 1. The molecule has 1 aliphatic carbocycles. The number of hydrogen-bond donors (Lipinski definition) is 1. The van der Waals surface area contributed by atoms with Gasteiger partial charge in [-0.15, -0.1) is 0 Å². The van der Waals surface area contributed by atoms with Crippen LogP contribution >= 0.6 is 0 Å². The number of halogens is 1. The van der Waals surface area contributed by atoms with Gasteiger partial charge in [0.2, 0.25) is 5.91 Å². The lowest BCUT2D eigenvalue weighted by atomic mass is 10.1. The summed E-state index contributed by atoms with van der Waals surface area (Å²) in [5.41, 5.74) is 1.64. The summed E-state index contributed by atoms with van der Waals surface area (Å²) in [6.45, 7) is 1.71. The molecule has 156 valence electrons. The summed E-state index contributed by atoms with van der Waals surface area (Å²) in [6.07, 6.45) is 3.53. The van der Waals surface area contributed by atoms with E-state index in [-0.39, 0.29) is 17.1 Å². The molecule has 0 saturated heterocycles. The number of nitrogens with zero attached hydrogens (tertiary/aromatic N) is 1. The van der Waals surface area contributed by atoms with Gasteiger partial charge in [-0.05, 0) is 55.7 Å². The number of aromatic nitrogens is 1. The smallest absolute Gasteiger partial charge is 0.225 e. The highest BCUT2D eigenvalue weighted by atomic mass is 32.2. The molecule has 0 spiro atoms. The lowest BCUT2D eigenvalue weighted by Crippen LogP contribution is -2.18. The molecule has 1 aliphatic rings. The maximum absolute atomic E-state index is 13.0. The van der Waals surface area contributed by atoms with Crippen LogP contribution in [0, 0.1) is 12.7 Å². The second-order valence-corrected chi connectivity index (χ2v) is 9.52. The van der Waals surface area contributed by atoms with E-state index < -0.39 is 21.6 Å². The van der Waals surface area contributed by atoms with Crippen LogP contribution in [0.25, 0.3) is 11.3 Å². The van der Waals surface area contributed by atoms with Gasteiger partial charge in [-0.2, -0.15) is 0 Å². The van der Waals surface area contributed by atoms with E-state index in [0.717, 1.165) is 12.8 Å². The first kappa shape index (κ1) is 20.3. The van der Waals surface area contributed by atoms with E-state index in [0.29, 0.717) is 34.4 Å². The van der Waals surface area contributed by atoms with Crippen LogP contribution in [0.4, 0.5) is 10.1 Å². The van der Waals surface area contributed by atoms with Crippen molar-refractivity contribution in [3.8, 4) is 11.3 Å². The Labute approximate surface area is 174 Å². The predicted octanol–water partition coefficient (Wildman–Crippen LogP) is 4.47. The minimum Gasteiger partial charge on any atom is -0.440 e. The largest absolute Gasteiger partial charge is 0.440 e. The second-order valence-electron chi connectivity index (χ2n) is 7.44. The third kappa shape index (κ3) is 4.59. The molecule has 30 heavy (non-hydrogen) atoms. The van der Waals surface area contributed by atoms with Crippen molar-refractivity contribution in [2.24, 2.45) is 0 Å². The first-order valence-electron chi connectivity index (χ1n) is 9.67. The zero-order chi connectivity index (χ0) is 21.3. The number of amides is 1. The van der Waals surface area contributed by atoms with Gasteiger partial charge >= 0.3 is 0 Å². The molecule has 1 heterocycles. The average molecular weight is 428 g/mol. The van der Waals surface area contributed by atoms with Crippen LogP contribution < -0.4 is 5.32 Å². The van der Waals surface area contributed by atoms with Gasteiger partial charge in [0.05, 0.1) is 16.8 Å². The normalized spacial score (nSPS) is 13.9. The monoisotopic (exact) mass is 428 g/mol. The van der Waals surface area contributed by atoms with Crippen molar-refractivity contribution in [1.29, 1.82) is 0 Å². The number of nitrogens with one attached hydrogen (secondary N) is 1. The Morgan fingerprint density at radius 2 is 1.93 bits per heavy atom. The summed E-state index contributed by atoms with van der Waals surface area (Å²) in [5, 5.41) is 2.57. The molecule has 0 bridgehead atoms. The number of hydrogen-bond acceptors (Lipinski definition) is 5. The SMILES string of the molecule is Cc1ccc(-c2cnc(C3CC3)o2)cc1S(=O)(=O)CCC(=O)Nc1ccc(F)cc1. The summed E-state index contributed by atoms with van der Waals surface area (Å²) in [7, 11) is -3.70. The van der Waals surface area contributed by atoms with Crippen molar-refractivity contribution in [3.05, 3.63) is 65.9 Å². The van der Waals surface area contributed by atoms with Gasteiger partial charge in [0.15, 0.2) is 21.5 Å². The fourth-order valence-corrected chi connectivity index (χ4v) is 4.66. The van der Waals surface area contributed by atoms with Crippen LogP contribution in [0.1, 0.15) is 36.6 Å². The Kier molecular flexibility index (Phi) is 5.42. The minimum atomic E-state index is -3.70. The van der Waals surface area contributed by atoms with Gasteiger partial charge in [-0.1, -0.05) is 12.1 Å². The van der Waals surface area contributed by atoms with Gasteiger partial charge in [-0.25, -0.2) is 17.8 Å². The average Bonchev–Trinajstić information content (AvgIpc) is 3.45. The second kappa shape index (κ2) is 8.02. The zero-order valence-corrected chi connectivity index (χ0v) is 17.2. The molecular weight excluding hydrogens is 407 g/mol. The van der Waals surface area contributed by atoms with Gasteiger partial charge in [0.1, 0.15) is 5.82 Å². The molecule has 1 amide bonds. The minimum absolute atomic E-state index is 0.166. The standard InChI is InChI=1S/C22H21FN2O4S/c1-14-2-3-16(19-13-24-22(29-19)15-4-5-15)12-20(14)30(27,28)11-10-21(26)25-18-8-6-17(23)7-9-18/h2-3,6-9,12-13,15H,4-5,10-11H2,1H3,(H,25,26). The van der Waals surface area contributed by atoms with Crippen molar-refractivity contribution in [2.45, 2.75) is 37.0 Å². The molecule has 0 unspecified atom stereocenters. The maximum Gasteiger partial charge on any atom is 0.225 e. The fourth-order valence-electron chi connectivity index (χ4n) is 3.12. The number of rotatable bonds is 7. The number of carbonyl (C=O) groups is 1. The Morgan fingerprint density at radius 1 is 1.20 bits per heavy atom. The predicted molar refractivity (Wildman–Crippen MR) is 110 cm³/mol. The van der Waals surface area contributed by atoms with E-state index in [1.807, 2.05) is 0 Å².